The van der Waals surface area contributed by atoms with Crippen LogP contribution in [0.3, 0.4) is 0 Å². The van der Waals surface area contributed by atoms with E-state index in [9.17, 15) is 27.1 Å². The zero-order valence-electron chi connectivity index (χ0n) is 13.8. The van der Waals surface area contributed by atoms with Gasteiger partial charge in [0.1, 0.15) is 11.7 Å². The van der Waals surface area contributed by atoms with E-state index in [1.54, 1.807) is 0 Å². The molecule has 2 atom stereocenters. The zero-order valence-corrected chi connectivity index (χ0v) is 14.7. The first-order chi connectivity index (χ1) is 12.8. The first kappa shape index (κ1) is 19.1. The fourth-order valence-electron chi connectivity index (χ4n) is 2.56. The van der Waals surface area contributed by atoms with E-state index in [0.717, 1.165) is 12.1 Å². The Morgan fingerprint density at radius 2 is 2.07 bits per heavy atom. The predicted molar refractivity (Wildman–Crippen MR) is 89.1 cm³/mol. The van der Waals surface area contributed by atoms with Gasteiger partial charge in [0.05, 0.1) is 6.54 Å². The molecule has 0 aliphatic carbocycles. The fraction of sp³-hybridized carbons (Fsp3) is 0.250. The number of ether oxygens (including phenoxy) is 1. The van der Waals surface area contributed by atoms with Crippen LogP contribution in [0.1, 0.15) is 6.92 Å². The Balaban J connectivity index is 2.06. The van der Waals surface area contributed by atoms with Crippen LogP contribution in [-0.2, 0) is 17.6 Å². The Labute approximate surface area is 153 Å². The lowest BCUT2D eigenvalue weighted by molar-refractivity contribution is -0.576. The van der Waals surface area contributed by atoms with Crippen LogP contribution in [-0.4, -0.2) is 30.4 Å². The van der Waals surface area contributed by atoms with Crippen molar-refractivity contribution in [2.45, 2.75) is 25.3 Å². The zero-order chi connectivity index (χ0) is 19.7. The van der Waals surface area contributed by atoms with Gasteiger partial charge in [0, 0.05) is 10.8 Å². The molecular weight excluding hydrogens is 387 g/mol. The van der Waals surface area contributed by atoms with Gasteiger partial charge in [0.15, 0.2) is 17.8 Å². The second kappa shape index (κ2) is 7.53. The van der Waals surface area contributed by atoms with E-state index in [2.05, 4.69) is 9.84 Å². The molecule has 0 radical (unpaired) electrons. The van der Waals surface area contributed by atoms with Gasteiger partial charge >= 0.3 is 6.61 Å². The molecule has 2 aromatic heterocycles. The Kier molecular flexibility index (Phi) is 5.33. The Hall–Kier alpha value is -2.66. The number of halogens is 3. The highest BCUT2D eigenvalue weighted by atomic mass is 32.2. The third-order valence-electron chi connectivity index (χ3n) is 3.89. The van der Waals surface area contributed by atoms with E-state index in [-0.39, 0.29) is 17.6 Å². The maximum absolute atomic E-state index is 13.6. The van der Waals surface area contributed by atoms with Crippen molar-refractivity contribution in [2.75, 3.05) is 0 Å². The van der Waals surface area contributed by atoms with E-state index in [4.69, 9.17) is 0 Å². The van der Waals surface area contributed by atoms with Crippen molar-refractivity contribution < 1.29 is 31.4 Å². The van der Waals surface area contributed by atoms with Gasteiger partial charge in [-0.2, -0.15) is 18.6 Å². The van der Waals surface area contributed by atoms with Gasteiger partial charge in [-0.05, 0) is 23.8 Å². The van der Waals surface area contributed by atoms with Crippen molar-refractivity contribution in [3.05, 3.63) is 47.7 Å². The van der Waals surface area contributed by atoms with Crippen molar-refractivity contribution in [1.29, 1.82) is 0 Å². The number of benzene rings is 1. The van der Waals surface area contributed by atoms with Crippen LogP contribution >= 0.6 is 0 Å². The summed E-state index contributed by atoms with van der Waals surface area (Å²) in [4.78, 5) is 0. The molecule has 0 aliphatic heterocycles. The Bertz CT molecular complexity index is 1010. The number of fused-ring (bicyclic) bond motifs is 1. The molecule has 1 aromatic carbocycles. The molecule has 0 spiro atoms. The minimum Gasteiger partial charge on any atom is -0.772 e. The second-order valence-electron chi connectivity index (χ2n) is 5.75. The summed E-state index contributed by atoms with van der Waals surface area (Å²) in [6, 6.07) is 4.85. The number of hydrogen-bond donors (Lipinski definition) is 0. The Morgan fingerprint density at radius 1 is 1.33 bits per heavy atom. The predicted octanol–water partition coefficient (Wildman–Crippen LogP) is 2.34. The molecular formula is C16H13F3N3O4S-. The summed E-state index contributed by atoms with van der Waals surface area (Å²) in [7, 11) is 0. The van der Waals surface area contributed by atoms with Crippen LogP contribution in [0, 0.1) is 11.0 Å². The summed E-state index contributed by atoms with van der Waals surface area (Å²) in [5, 5.41) is 15.5. The van der Waals surface area contributed by atoms with Crippen molar-refractivity contribution in [2.24, 2.45) is 0 Å². The van der Waals surface area contributed by atoms with Gasteiger partial charge in [-0.1, -0.05) is 24.1 Å². The van der Waals surface area contributed by atoms with Crippen molar-refractivity contribution in [3.63, 3.8) is 0 Å². The third-order valence-corrected chi connectivity index (χ3v) is 4.69. The summed E-state index contributed by atoms with van der Waals surface area (Å²) in [5.74, 6) is -1.61. The standard InChI is InChI=1S/C16H14F3N3O4S/c1-9(27(24)25)7-21-13-4-11(8-22(23)14(13)6-20-21)10-2-3-12(17)15(5-10)26-16(18)19/h2-6,8-9,16H,7H2,1H3,(H,24,25)/p-1. The number of pyridine rings is 1. The van der Waals surface area contributed by atoms with E-state index in [1.165, 1.54) is 36.1 Å². The molecule has 2 heterocycles. The molecule has 2 unspecified atom stereocenters. The highest BCUT2D eigenvalue weighted by Gasteiger charge is 2.17. The summed E-state index contributed by atoms with van der Waals surface area (Å²) in [6.45, 7) is -1.69. The molecule has 144 valence electrons. The van der Waals surface area contributed by atoms with Gasteiger partial charge in [-0.25, -0.2) is 4.39 Å². The maximum Gasteiger partial charge on any atom is 0.387 e. The maximum atomic E-state index is 13.6. The minimum atomic E-state index is -3.20. The molecule has 11 heteroatoms. The minimum absolute atomic E-state index is 0.0201. The van der Waals surface area contributed by atoms with Crippen LogP contribution in [0.4, 0.5) is 13.2 Å². The van der Waals surface area contributed by atoms with E-state index >= 15 is 0 Å². The van der Waals surface area contributed by atoms with Crippen LogP contribution in [0.15, 0.2) is 36.7 Å². The average molecular weight is 400 g/mol. The first-order valence-electron chi connectivity index (χ1n) is 7.68. The lowest BCUT2D eigenvalue weighted by atomic mass is 10.1. The van der Waals surface area contributed by atoms with Gasteiger partial charge in [-0.15, -0.1) is 0 Å². The fourth-order valence-corrected chi connectivity index (χ4v) is 2.82. The summed E-state index contributed by atoms with van der Waals surface area (Å²) < 4.78 is 66.5. The first-order valence-corrected chi connectivity index (χ1v) is 8.81. The second-order valence-corrected chi connectivity index (χ2v) is 7.07. The summed E-state index contributed by atoms with van der Waals surface area (Å²) in [6.07, 6.45) is 2.48. The van der Waals surface area contributed by atoms with Gasteiger partial charge in [0.2, 0.25) is 0 Å². The number of alkyl halides is 2. The molecule has 0 bridgehead atoms. The third kappa shape index (κ3) is 4.03. The van der Waals surface area contributed by atoms with E-state index in [1.807, 2.05) is 0 Å². The lowest BCUT2D eigenvalue weighted by Gasteiger charge is -2.15. The molecule has 0 saturated heterocycles. The highest BCUT2D eigenvalue weighted by molar-refractivity contribution is 7.79. The molecule has 0 fully saturated rings. The molecule has 3 aromatic rings. The van der Waals surface area contributed by atoms with Crippen molar-refractivity contribution >= 4 is 22.1 Å². The van der Waals surface area contributed by atoms with Gasteiger partial charge < -0.3 is 14.5 Å². The summed E-state index contributed by atoms with van der Waals surface area (Å²) >= 11 is -2.32. The number of rotatable bonds is 6. The number of nitrogens with zero attached hydrogens (tertiary/aromatic N) is 3. The normalized spacial score (nSPS) is 13.9. The topological polar surface area (TPSA) is 94.1 Å². The van der Waals surface area contributed by atoms with Crippen LogP contribution in [0.25, 0.3) is 22.2 Å². The van der Waals surface area contributed by atoms with Crippen LogP contribution in [0.2, 0.25) is 0 Å². The quantitative estimate of drug-likeness (QED) is 0.360. The van der Waals surface area contributed by atoms with Gasteiger partial charge in [0.25, 0.3) is 5.52 Å². The van der Waals surface area contributed by atoms with E-state index < -0.39 is 34.5 Å². The largest absolute Gasteiger partial charge is 0.772 e. The van der Waals surface area contributed by atoms with Crippen LogP contribution < -0.4 is 9.47 Å². The monoisotopic (exact) mass is 400 g/mol. The highest BCUT2D eigenvalue weighted by Crippen LogP contribution is 2.28. The summed E-state index contributed by atoms with van der Waals surface area (Å²) in [5.41, 5.74) is 1.12. The van der Waals surface area contributed by atoms with Crippen molar-refractivity contribution in [3.8, 4) is 16.9 Å². The van der Waals surface area contributed by atoms with E-state index in [0.29, 0.717) is 15.8 Å². The molecule has 7 nitrogen and oxygen atoms in total. The van der Waals surface area contributed by atoms with Crippen molar-refractivity contribution in [1.82, 2.24) is 9.78 Å². The van der Waals surface area contributed by atoms with Gasteiger partial charge in [-0.3, -0.25) is 8.89 Å². The molecule has 27 heavy (non-hydrogen) atoms. The Morgan fingerprint density at radius 3 is 2.74 bits per heavy atom. The molecule has 0 saturated carbocycles. The molecule has 0 aliphatic rings. The van der Waals surface area contributed by atoms with Crippen LogP contribution in [0.5, 0.6) is 5.75 Å². The number of hydrogen-bond acceptors (Lipinski definition) is 5. The molecule has 0 amide bonds. The smallest absolute Gasteiger partial charge is 0.387 e. The SMILES string of the molecule is CC(Cn1ncc2c1cc(-c1ccc(F)c(OC(F)F)c1)c[n+]2[O-])S(=O)[O-]. The lowest BCUT2D eigenvalue weighted by Crippen LogP contribution is -2.26. The number of aromatic nitrogens is 3. The average Bonchev–Trinajstić information content (AvgIpc) is 2.99. The molecule has 3 rings (SSSR count). The molecule has 0 N–H and O–H groups in total.